The van der Waals surface area contributed by atoms with Crippen LogP contribution in [0.15, 0.2) is 41.3 Å². The maximum Gasteiger partial charge on any atom is 0.261 e. The molecular weight excluding hydrogens is 326 g/mol. The standard InChI is InChI=1S/C18H21NO4S/c1-5-23-18-10-12(2)17(9-13(18)3)19-24(21,22)16-8-6-7-15(11-16)14(4)20/h6-11,19H,5H2,1-4H3. The van der Waals surface area contributed by atoms with Gasteiger partial charge in [-0.05, 0) is 63.1 Å². The third kappa shape index (κ3) is 3.94. The number of Topliss-reactive ketones (excluding diaryl/α,β-unsaturated/α-hetero) is 1. The van der Waals surface area contributed by atoms with E-state index in [0.717, 1.165) is 16.9 Å². The first-order valence-electron chi connectivity index (χ1n) is 7.62. The molecule has 6 heteroatoms. The monoisotopic (exact) mass is 347 g/mol. The molecule has 0 bridgehead atoms. The van der Waals surface area contributed by atoms with Crippen LogP contribution in [0.5, 0.6) is 5.75 Å². The second-order valence-electron chi connectivity index (χ2n) is 5.56. The van der Waals surface area contributed by atoms with Gasteiger partial charge in [0.15, 0.2) is 5.78 Å². The largest absolute Gasteiger partial charge is 0.494 e. The Bertz CT molecular complexity index is 873. The molecule has 0 heterocycles. The van der Waals surface area contributed by atoms with Gasteiger partial charge in [-0.2, -0.15) is 0 Å². The highest BCUT2D eigenvalue weighted by atomic mass is 32.2. The molecule has 2 aromatic carbocycles. The smallest absolute Gasteiger partial charge is 0.261 e. The van der Waals surface area contributed by atoms with Crippen LogP contribution in [-0.2, 0) is 10.0 Å². The Kier molecular flexibility index (Phi) is 5.29. The molecule has 0 spiro atoms. The number of anilines is 1. The number of sulfonamides is 1. The number of hydrogen-bond acceptors (Lipinski definition) is 4. The van der Waals surface area contributed by atoms with Gasteiger partial charge in [-0.1, -0.05) is 12.1 Å². The fourth-order valence-corrected chi connectivity index (χ4v) is 3.46. The molecule has 1 N–H and O–H groups in total. The highest BCUT2D eigenvalue weighted by Gasteiger charge is 2.17. The van der Waals surface area contributed by atoms with E-state index in [1.54, 1.807) is 18.2 Å². The molecule has 0 aliphatic carbocycles. The molecular formula is C18H21NO4S. The predicted octanol–water partition coefficient (Wildman–Crippen LogP) is 3.71. The van der Waals surface area contributed by atoms with Gasteiger partial charge in [-0.3, -0.25) is 9.52 Å². The zero-order valence-electron chi connectivity index (χ0n) is 14.2. The van der Waals surface area contributed by atoms with Crippen LogP contribution in [0, 0.1) is 13.8 Å². The van der Waals surface area contributed by atoms with Gasteiger partial charge < -0.3 is 4.74 Å². The number of hydrogen-bond donors (Lipinski definition) is 1. The minimum atomic E-state index is -3.78. The number of nitrogens with one attached hydrogen (secondary N) is 1. The molecule has 0 atom stereocenters. The van der Waals surface area contributed by atoms with Gasteiger partial charge in [-0.15, -0.1) is 0 Å². The van der Waals surface area contributed by atoms with Crippen molar-refractivity contribution < 1.29 is 17.9 Å². The average Bonchev–Trinajstić information content (AvgIpc) is 2.52. The molecule has 0 unspecified atom stereocenters. The summed E-state index contributed by atoms with van der Waals surface area (Å²) in [6.45, 7) is 7.51. The summed E-state index contributed by atoms with van der Waals surface area (Å²) in [4.78, 5) is 11.5. The lowest BCUT2D eigenvalue weighted by atomic mass is 10.1. The average molecular weight is 347 g/mol. The highest BCUT2D eigenvalue weighted by Crippen LogP contribution is 2.28. The molecule has 0 saturated carbocycles. The fourth-order valence-electron chi connectivity index (χ4n) is 2.30. The molecule has 2 aromatic rings. The van der Waals surface area contributed by atoms with E-state index in [1.165, 1.54) is 19.1 Å². The van der Waals surface area contributed by atoms with Crippen molar-refractivity contribution in [2.24, 2.45) is 0 Å². The third-order valence-corrected chi connectivity index (χ3v) is 4.98. The van der Waals surface area contributed by atoms with Crippen molar-refractivity contribution >= 4 is 21.5 Å². The topological polar surface area (TPSA) is 72.5 Å². The number of carbonyl (C=O) groups excluding carboxylic acids is 1. The second-order valence-corrected chi connectivity index (χ2v) is 7.24. The quantitative estimate of drug-likeness (QED) is 0.809. The Morgan fingerprint density at radius 1 is 1.12 bits per heavy atom. The van der Waals surface area contributed by atoms with Gasteiger partial charge >= 0.3 is 0 Å². The minimum Gasteiger partial charge on any atom is -0.494 e. The minimum absolute atomic E-state index is 0.0566. The van der Waals surface area contributed by atoms with E-state index in [0.29, 0.717) is 17.9 Å². The number of rotatable bonds is 6. The highest BCUT2D eigenvalue weighted by molar-refractivity contribution is 7.92. The summed E-state index contributed by atoms with van der Waals surface area (Å²) in [5.41, 5.74) is 2.45. The molecule has 2 rings (SSSR count). The summed E-state index contributed by atoms with van der Waals surface area (Å²) in [6.07, 6.45) is 0. The second kappa shape index (κ2) is 7.05. The van der Waals surface area contributed by atoms with Crippen LogP contribution in [0.3, 0.4) is 0 Å². The first-order chi connectivity index (χ1) is 11.2. The zero-order valence-corrected chi connectivity index (χ0v) is 15.0. The molecule has 0 saturated heterocycles. The predicted molar refractivity (Wildman–Crippen MR) is 94.3 cm³/mol. The Hall–Kier alpha value is -2.34. The molecule has 5 nitrogen and oxygen atoms in total. The van der Waals surface area contributed by atoms with Gasteiger partial charge in [0.2, 0.25) is 0 Å². The zero-order chi connectivity index (χ0) is 17.9. The molecule has 0 aliphatic heterocycles. The maximum atomic E-state index is 12.6. The SMILES string of the molecule is CCOc1cc(C)c(NS(=O)(=O)c2cccc(C(C)=O)c2)cc1C. The van der Waals surface area contributed by atoms with Gasteiger partial charge in [0.1, 0.15) is 5.75 Å². The van der Waals surface area contributed by atoms with E-state index in [-0.39, 0.29) is 10.7 Å². The molecule has 0 aromatic heterocycles. The van der Waals surface area contributed by atoms with Crippen LogP contribution in [0.25, 0.3) is 0 Å². The lowest BCUT2D eigenvalue weighted by Gasteiger charge is -2.14. The van der Waals surface area contributed by atoms with E-state index in [2.05, 4.69) is 4.72 Å². The van der Waals surface area contributed by atoms with Crippen molar-refractivity contribution in [3.8, 4) is 5.75 Å². The lowest BCUT2D eigenvalue weighted by molar-refractivity contribution is 0.101. The molecule has 0 aliphatic rings. The van der Waals surface area contributed by atoms with E-state index in [4.69, 9.17) is 4.74 Å². The van der Waals surface area contributed by atoms with E-state index in [1.807, 2.05) is 26.8 Å². The van der Waals surface area contributed by atoms with Crippen LogP contribution >= 0.6 is 0 Å². The Morgan fingerprint density at radius 2 is 1.83 bits per heavy atom. The van der Waals surface area contributed by atoms with Crippen molar-refractivity contribution in [2.75, 3.05) is 11.3 Å². The molecule has 24 heavy (non-hydrogen) atoms. The van der Waals surface area contributed by atoms with Crippen LogP contribution in [0.4, 0.5) is 5.69 Å². The number of ether oxygens (including phenoxy) is 1. The Morgan fingerprint density at radius 3 is 2.46 bits per heavy atom. The summed E-state index contributed by atoms with van der Waals surface area (Å²) in [5, 5.41) is 0. The number of ketones is 1. The van der Waals surface area contributed by atoms with Crippen LogP contribution in [0.1, 0.15) is 35.3 Å². The van der Waals surface area contributed by atoms with E-state index >= 15 is 0 Å². The van der Waals surface area contributed by atoms with Crippen molar-refractivity contribution in [3.63, 3.8) is 0 Å². The molecule has 0 fully saturated rings. The van der Waals surface area contributed by atoms with Crippen LogP contribution in [-0.4, -0.2) is 20.8 Å². The number of aryl methyl sites for hydroxylation is 2. The Balaban J connectivity index is 2.38. The summed E-state index contributed by atoms with van der Waals surface area (Å²) >= 11 is 0. The normalized spacial score (nSPS) is 11.2. The lowest BCUT2D eigenvalue weighted by Crippen LogP contribution is -2.14. The summed E-state index contributed by atoms with van der Waals surface area (Å²) in [6, 6.07) is 9.54. The van der Waals surface area contributed by atoms with Crippen molar-refractivity contribution in [3.05, 3.63) is 53.1 Å². The van der Waals surface area contributed by atoms with Gasteiger partial charge in [0, 0.05) is 5.56 Å². The van der Waals surface area contributed by atoms with Crippen molar-refractivity contribution in [2.45, 2.75) is 32.6 Å². The summed E-state index contributed by atoms with van der Waals surface area (Å²) in [5.74, 6) is 0.552. The Labute approximate surface area is 142 Å². The van der Waals surface area contributed by atoms with Crippen molar-refractivity contribution in [1.82, 2.24) is 0 Å². The van der Waals surface area contributed by atoms with Crippen LogP contribution in [0.2, 0.25) is 0 Å². The van der Waals surface area contributed by atoms with Gasteiger partial charge in [-0.25, -0.2) is 8.42 Å². The summed E-state index contributed by atoms with van der Waals surface area (Å²) < 4.78 is 33.3. The van der Waals surface area contributed by atoms with E-state index in [9.17, 15) is 13.2 Å². The first kappa shape index (κ1) is 18.0. The third-order valence-electron chi connectivity index (χ3n) is 3.62. The van der Waals surface area contributed by atoms with Gasteiger partial charge in [0.25, 0.3) is 10.0 Å². The van der Waals surface area contributed by atoms with Crippen LogP contribution < -0.4 is 9.46 Å². The first-order valence-corrected chi connectivity index (χ1v) is 9.10. The molecule has 0 radical (unpaired) electrons. The number of benzene rings is 2. The summed E-state index contributed by atoms with van der Waals surface area (Å²) in [7, 11) is -3.78. The molecule has 0 amide bonds. The molecule has 128 valence electrons. The maximum absolute atomic E-state index is 12.6. The van der Waals surface area contributed by atoms with Crippen molar-refractivity contribution in [1.29, 1.82) is 0 Å². The fraction of sp³-hybridized carbons (Fsp3) is 0.278. The van der Waals surface area contributed by atoms with E-state index < -0.39 is 10.0 Å². The number of carbonyl (C=O) groups is 1. The van der Waals surface area contributed by atoms with Gasteiger partial charge in [0.05, 0.1) is 17.2 Å².